The number of hydrogen-bond donors (Lipinski definition) is 1. The molecule has 0 amide bonds. The van der Waals surface area contributed by atoms with E-state index in [0.717, 1.165) is 6.42 Å². The molecule has 3 nitrogen and oxygen atoms in total. The number of thiophene rings is 1. The first-order chi connectivity index (χ1) is 8.27. The maximum atomic E-state index is 5.65. The van der Waals surface area contributed by atoms with Crippen molar-refractivity contribution in [2.45, 2.75) is 6.42 Å². The van der Waals surface area contributed by atoms with Crippen molar-refractivity contribution in [1.29, 1.82) is 0 Å². The van der Waals surface area contributed by atoms with Gasteiger partial charge >= 0.3 is 0 Å². The molecule has 0 spiro atoms. The molecule has 0 saturated carbocycles. The maximum absolute atomic E-state index is 5.65. The number of aromatic nitrogens is 1. The van der Waals surface area contributed by atoms with Gasteiger partial charge in [-0.25, -0.2) is 4.98 Å². The fourth-order valence-electron chi connectivity index (χ4n) is 1.41. The predicted molar refractivity (Wildman–Crippen MR) is 73.6 cm³/mol. The molecule has 0 unspecified atom stereocenters. The molecule has 2 N–H and O–H groups in total. The van der Waals surface area contributed by atoms with E-state index in [-0.39, 0.29) is 4.99 Å². The van der Waals surface area contributed by atoms with Crippen molar-refractivity contribution in [3.05, 3.63) is 46.4 Å². The maximum Gasteiger partial charge on any atom is 0.147 e. The highest BCUT2D eigenvalue weighted by atomic mass is 32.1. The van der Waals surface area contributed by atoms with Crippen LogP contribution in [-0.4, -0.2) is 16.6 Å². The lowest BCUT2D eigenvalue weighted by atomic mass is 10.3. The summed E-state index contributed by atoms with van der Waals surface area (Å²) in [6.07, 6.45) is 2.53. The summed E-state index contributed by atoms with van der Waals surface area (Å²) in [5, 5.41) is 2.06. The lowest BCUT2D eigenvalue weighted by Crippen LogP contribution is -2.14. The van der Waals surface area contributed by atoms with E-state index in [1.165, 1.54) is 4.88 Å². The van der Waals surface area contributed by atoms with Crippen molar-refractivity contribution in [3.8, 4) is 5.75 Å². The minimum Gasteiger partial charge on any atom is -0.491 e. The summed E-state index contributed by atoms with van der Waals surface area (Å²) >= 11 is 6.64. The number of rotatable bonds is 5. The van der Waals surface area contributed by atoms with E-state index in [0.29, 0.717) is 18.1 Å². The fourth-order valence-corrected chi connectivity index (χ4v) is 2.25. The van der Waals surface area contributed by atoms with Crippen molar-refractivity contribution < 1.29 is 4.74 Å². The van der Waals surface area contributed by atoms with Gasteiger partial charge in [-0.3, -0.25) is 0 Å². The molecule has 2 rings (SSSR count). The Morgan fingerprint density at radius 2 is 2.29 bits per heavy atom. The van der Waals surface area contributed by atoms with Crippen LogP contribution in [0.15, 0.2) is 35.8 Å². The Morgan fingerprint density at radius 3 is 3.00 bits per heavy atom. The molecule has 2 aromatic heterocycles. The number of pyridine rings is 1. The second-order valence-electron chi connectivity index (χ2n) is 3.39. The first-order valence-electron chi connectivity index (χ1n) is 5.17. The summed E-state index contributed by atoms with van der Waals surface area (Å²) in [5.41, 5.74) is 6.12. The lowest BCUT2D eigenvalue weighted by Gasteiger charge is -2.08. The molecule has 0 atom stereocenters. The van der Waals surface area contributed by atoms with Crippen molar-refractivity contribution >= 4 is 28.5 Å². The van der Waals surface area contributed by atoms with Crippen LogP contribution in [0, 0.1) is 0 Å². The molecule has 2 aromatic rings. The molecule has 0 radical (unpaired) electrons. The lowest BCUT2D eigenvalue weighted by molar-refractivity contribution is 0.321. The Hall–Kier alpha value is -1.46. The van der Waals surface area contributed by atoms with Gasteiger partial charge in [-0.2, -0.15) is 0 Å². The minimum atomic E-state index is 0.261. The van der Waals surface area contributed by atoms with E-state index < -0.39 is 0 Å². The molecule has 0 aliphatic carbocycles. The van der Waals surface area contributed by atoms with Crippen molar-refractivity contribution in [1.82, 2.24) is 4.98 Å². The largest absolute Gasteiger partial charge is 0.491 e. The molecule has 0 aliphatic rings. The van der Waals surface area contributed by atoms with Crippen LogP contribution < -0.4 is 10.5 Å². The van der Waals surface area contributed by atoms with Gasteiger partial charge in [0.1, 0.15) is 16.4 Å². The average molecular weight is 264 g/mol. The van der Waals surface area contributed by atoms with Gasteiger partial charge in [-0.05, 0) is 23.6 Å². The van der Waals surface area contributed by atoms with Gasteiger partial charge in [0.15, 0.2) is 0 Å². The van der Waals surface area contributed by atoms with Crippen molar-refractivity contribution in [2.75, 3.05) is 6.61 Å². The highest BCUT2D eigenvalue weighted by Crippen LogP contribution is 2.16. The number of nitrogens with two attached hydrogens (primary N) is 1. The van der Waals surface area contributed by atoms with Crippen molar-refractivity contribution in [2.24, 2.45) is 5.73 Å². The third-order valence-corrected chi connectivity index (χ3v) is 3.32. The topological polar surface area (TPSA) is 48.1 Å². The van der Waals surface area contributed by atoms with Gasteiger partial charge in [0, 0.05) is 17.5 Å². The van der Waals surface area contributed by atoms with Gasteiger partial charge in [0.25, 0.3) is 0 Å². The SMILES string of the molecule is NC(=S)c1ncccc1OCCc1cccs1. The third-order valence-electron chi connectivity index (χ3n) is 2.19. The summed E-state index contributed by atoms with van der Waals surface area (Å²) < 4.78 is 5.65. The summed E-state index contributed by atoms with van der Waals surface area (Å²) in [7, 11) is 0. The van der Waals surface area contributed by atoms with Crippen LogP contribution in [0.2, 0.25) is 0 Å². The highest BCUT2D eigenvalue weighted by Gasteiger charge is 2.06. The van der Waals surface area contributed by atoms with Gasteiger partial charge < -0.3 is 10.5 Å². The van der Waals surface area contributed by atoms with Crippen molar-refractivity contribution in [3.63, 3.8) is 0 Å². The van der Waals surface area contributed by atoms with Gasteiger partial charge in [0.05, 0.1) is 6.61 Å². The van der Waals surface area contributed by atoms with Gasteiger partial charge in [-0.1, -0.05) is 18.3 Å². The summed E-state index contributed by atoms with van der Waals surface area (Å²) in [6.45, 7) is 0.599. The Bertz CT molecular complexity index is 497. The zero-order valence-corrected chi connectivity index (χ0v) is 10.8. The van der Waals surface area contributed by atoms with E-state index in [4.69, 9.17) is 22.7 Å². The number of thiocarbonyl (C=S) groups is 1. The van der Waals surface area contributed by atoms with E-state index in [2.05, 4.69) is 16.4 Å². The zero-order valence-electron chi connectivity index (χ0n) is 9.13. The average Bonchev–Trinajstić information content (AvgIpc) is 2.82. The Kier molecular flexibility index (Phi) is 4.06. The second-order valence-corrected chi connectivity index (χ2v) is 4.86. The van der Waals surface area contributed by atoms with Crippen LogP contribution in [0.4, 0.5) is 0 Å². The minimum absolute atomic E-state index is 0.261. The molecule has 0 aromatic carbocycles. The third kappa shape index (κ3) is 3.25. The van der Waals surface area contributed by atoms with E-state index in [9.17, 15) is 0 Å². The molecule has 0 saturated heterocycles. The summed E-state index contributed by atoms with van der Waals surface area (Å²) in [5.74, 6) is 0.650. The molecular formula is C12H12N2OS2. The van der Waals surface area contributed by atoms with Crippen LogP contribution in [0.1, 0.15) is 10.6 Å². The predicted octanol–water partition coefficient (Wildman–Crippen LogP) is 2.40. The molecule has 0 bridgehead atoms. The number of nitrogens with zero attached hydrogens (tertiary/aromatic N) is 1. The standard InChI is InChI=1S/C12H12N2OS2/c13-12(16)11-10(4-1-6-14-11)15-7-5-9-3-2-8-17-9/h1-4,6,8H,5,7H2,(H2,13,16). The summed E-state index contributed by atoms with van der Waals surface area (Å²) in [4.78, 5) is 5.66. The van der Waals surface area contributed by atoms with E-state index >= 15 is 0 Å². The quantitative estimate of drug-likeness (QED) is 0.842. The second kappa shape index (κ2) is 5.75. The first kappa shape index (κ1) is 12.0. The van der Waals surface area contributed by atoms with E-state index in [1.807, 2.05) is 18.2 Å². The van der Waals surface area contributed by atoms with E-state index in [1.54, 1.807) is 17.5 Å². The molecule has 0 fully saturated rings. The summed E-state index contributed by atoms with van der Waals surface area (Å²) in [6, 6.07) is 7.76. The molecule has 2 heterocycles. The van der Waals surface area contributed by atoms with Crippen LogP contribution in [-0.2, 0) is 6.42 Å². The monoisotopic (exact) mass is 264 g/mol. The van der Waals surface area contributed by atoms with Crippen LogP contribution in [0.25, 0.3) is 0 Å². The Labute approximate surface area is 109 Å². The van der Waals surface area contributed by atoms with Crippen LogP contribution in [0.5, 0.6) is 5.75 Å². The van der Waals surface area contributed by atoms with Crippen LogP contribution in [0.3, 0.4) is 0 Å². The number of ether oxygens (including phenoxy) is 1. The number of hydrogen-bond acceptors (Lipinski definition) is 4. The zero-order chi connectivity index (χ0) is 12.1. The fraction of sp³-hybridized carbons (Fsp3) is 0.167. The molecule has 88 valence electrons. The molecule has 0 aliphatic heterocycles. The van der Waals surface area contributed by atoms with Gasteiger partial charge in [-0.15, -0.1) is 11.3 Å². The molecular weight excluding hydrogens is 252 g/mol. The Balaban J connectivity index is 1.97. The molecule has 5 heteroatoms. The van der Waals surface area contributed by atoms with Gasteiger partial charge in [0.2, 0.25) is 0 Å². The highest BCUT2D eigenvalue weighted by molar-refractivity contribution is 7.80. The first-order valence-corrected chi connectivity index (χ1v) is 6.46. The normalized spacial score (nSPS) is 10.1. The Morgan fingerprint density at radius 1 is 1.41 bits per heavy atom. The molecule has 17 heavy (non-hydrogen) atoms. The van der Waals surface area contributed by atoms with Crippen LogP contribution >= 0.6 is 23.6 Å². The smallest absolute Gasteiger partial charge is 0.147 e.